The van der Waals surface area contributed by atoms with Gasteiger partial charge in [-0.25, -0.2) is 0 Å². The summed E-state index contributed by atoms with van der Waals surface area (Å²) >= 11 is 0. The van der Waals surface area contributed by atoms with Gasteiger partial charge in [0.2, 0.25) is 5.91 Å². The Morgan fingerprint density at radius 2 is 2.03 bits per heavy atom. The maximum atomic E-state index is 12.5. The van der Waals surface area contributed by atoms with Crippen LogP contribution in [0.2, 0.25) is 0 Å². The molecule has 2 amide bonds. The molecule has 2 aliphatic rings. The molecule has 7 nitrogen and oxygen atoms in total. The summed E-state index contributed by atoms with van der Waals surface area (Å²) < 4.78 is 11.4. The van der Waals surface area contributed by atoms with Crippen LogP contribution >= 0.6 is 0 Å². The lowest BCUT2D eigenvalue weighted by molar-refractivity contribution is -0.137. The molecule has 2 fully saturated rings. The van der Waals surface area contributed by atoms with Crippen molar-refractivity contribution >= 4 is 11.8 Å². The molecule has 0 saturated carbocycles. The maximum absolute atomic E-state index is 12.5. The zero-order valence-electron chi connectivity index (χ0n) is 17.0. The first-order chi connectivity index (χ1) is 14.7. The highest BCUT2D eigenvalue weighted by molar-refractivity contribution is 5.94. The zero-order chi connectivity index (χ0) is 20.8. The molecular formula is C23H27N3O4. The fourth-order valence-corrected chi connectivity index (χ4v) is 3.87. The zero-order valence-corrected chi connectivity index (χ0v) is 17.0. The number of hydrogen-bond donors (Lipinski definition) is 1. The summed E-state index contributed by atoms with van der Waals surface area (Å²) in [6, 6.07) is 11.0. The second-order valence-corrected chi connectivity index (χ2v) is 7.77. The van der Waals surface area contributed by atoms with Crippen LogP contribution < -0.4 is 10.1 Å². The maximum Gasteiger partial charge on any atom is 0.251 e. The quantitative estimate of drug-likeness (QED) is 0.793. The number of carbonyl (C=O) groups excluding carboxylic acids is 2. The Hall–Kier alpha value is -2.93. The minimum absolute atomic E-state index is 0.0179. The Morgan fingerprint density at radius 3 is 2.77 bits per heavy atom. The van der Waals surface area contributed by atoms with E-state index in [1.807, 2.05) is 29.2 Å². The second-order valence-electron chi connectivity index (χ2n) is 7.77. The Morgan fingerprint density at radius 1 is 1.17 bits per heavy atom. The van der Waals surface area contributed by atoms with Crippen molar-refractivity contribution in [2.45, 2.75) is 31.9 Å². The molecule has 2 aromatic rings. The first-order valence-electron chi connectivity index (χ1n) is 10.5. The molecule has 0 radical (unpaired) electrons. The van der Waals surface area contributed by atoms with E-state index in [1.54, 1.807) is 24.5 Å². The van der Waals surface area contributed by atoms with Gasteiger partial charge in [-0.15, -0.1) is 0 Å². The van der Waals surface area contributed by atoms with Crippen LogP contribution in [0.4, 0.5) is 0 Å². The molecule has 4 rings (SSSR count). The molecule has 158 valence electrons. The molecule has 1 aromatic carbocycles. The summed E-state index contributed by atoms with van der Waals surface area (Å²) in [5.74, 6) is 0.754. The summed E-state index contributed by atoms with van der Waals surface area (Å²) in [5, 5.41) is 2.90. The van der Waals surface area contributed by atoms with Crippen molar-refractivity contribution in [3.8, 4) is 5.75 Å². The van der Waals surface area contributed by atoms with Crippen LogP contribution in [0, 0.1) is 5.92 Å². The molecule has 2 saturated heterocycles. The van der Waals surface area contributed by atoms with E-state index in [0.717, 1.165) is 24.8 Å². The van der Waals surface area contributed by atoms with Gasteiger partial charge < -0.3 is 19.7 Å². The van der Waals surface area contributed by atoms with Crippen molar-refractivity contribution in [1.29, 1.82) is 0 Å². The predicted molar refractivity (Wildman–Crippen MR) is 111 cm³/mol. The van der Waals surface area contributed by atoms with E-state index in [-0.39, 0.29) is 23.8 Å². The highest BCUT2D eigenvalue weighted by atomic mass is 16.5. The van der Waals surface area contributed by atoms with E-state index in [1.165, 1.54) is 0 Å². The number of nitrogens with zero attached hydrogens (tertiary/aromatic N) is 2. The van der Waals surface area contributed by atoms with Crippen molar-refractivity contribution in [3.05, 3.63) is 59.9 Å². The molecule has 1 atom stereocenters. The molecular weight excluding hydrogens is 382 g/mol. The molecule has 1 N–H and O–H groups in total. The van der Waals surface area contributed by atoms with Crippen LogP contribution in [0.5, 0.6) is 5.75 Å². The van der Waals surface area contributed by atoms with E-state index in [2.05, 4.69) is 10.3 Å². The Bertz CT molecular complexity index is 860. The normalized spacial score (nSPS) is 19.5. The third-order valence-electron chi connectivity index (χ3n) is 5.61. The number of piperidine rings is 1. The Balaban J connectivity index is 1.27. The number of nitrogens with one attached hydrogen (secondary N) is 1. The van der Waals surface area contributed by atoms with Crippen molar-refractivity contribution in [3.63, 3.8) is 0 Å². The molecule has 0 aliphatic carbocycles. The smallest absolute Gasteiger partial charge is 0.251 e. The van der Waals surface area contributed by atoms with Crippen LogP contribution in [0.25, 0.3) is 0 Å². The molecule has 2 aliphatic heterocycles. The summed E-state index contributed by atoms with van der Waals surface area (Å²) in [6.07, 6.45) is 5.88. The van der Waals surface area contributed by atoms with Gasteiger partial charge in [-0.3, -0.25) is 14.6 Å². The van der Waals surface area contributed by atoms with Crippen molar-refractivity contribution in [2.24, 2.45) is 5.92 Å². The molecule has 7 heteroatoms. The van der Waals surface area contributed by atoms with Crippen LogP contribution in [-0.4, -0.2) is 54.1 Å². The van der Waals surface area contributed by atoms with Crippen molar-refractivity contribution in [2.75, 3.05) is 26.3 Å². The number of pyridine rings is 1. The lowest BCUT2D eigenvalue weighted by Crippen LogP contribution is -2.44. The number of benzene rings is 1. The number of hydrogen-bond acceptors (Lipinski definition) is 5. The molecule has 0 unspecified atom stereocenters. The topological polar surface area (TPSA) is 80.8 Å². The van der Waals surface area contributed by atoms with Crippen LogP contribution in [0.1, 0.15) is 35.2 Å². The number of aromatic nitrogens is 1. The monoisotopic (exact) mass is 409 g/mol. The van der Waals surface area contributed by atoms with E-state index in [0.29, 0.717) is 44.2 Å². The minimum atomic E-state index is -0.150. The van der Waals surface area contributed by atoms with Gasteiger partial charge >= 0.3 is 0 Å². The number of ether oxygens (including phenoxy) is 2. The third kappa shape index (κ3) is 5.16. The van der Waals surface area contributed by atoms with E-state index >= 15 is 0 Å². The first kappa shape index (κ1) is 20.3. The summed E-state index contributed by atoms with van der Waals surface area (Å²) in [7, 11) is 0. The third-order valence-corrected chi connectivity index (χ3v) is 5.61. The van der Waals surface area contributed by atoms with Gasteiger partial charge in [-0.1, -0.05) is 12.1 Å². The van der Waals surface area contributed by atoms with Gasteiger partial charge in [0.15, 0.2) is 0 Å². The van der Waals surface area contributed by atoms with Crippen molar-refractivity contribution in [1.82, 2.24) is 15.2 Å². The SMILES string of the molecule is O=C(NCc1cccnc1)c1cccc(OC2CCN(C(=O)[C@H]3CCOC3)CC2)c1. The average Bonchev–Trinajstić information content (AvgIpc) is 3.33. The number of rotatable bonds is 6. The largest absolute Gasteiger partial charge is 0.490 e. The highest BCUT2D eigenvalue weighted by Gasteiger charge is 2.31. The van der Waals surface area contributed by atoms with Crippen LogP contribution in [0.15, 0.2) is 48.8 Å². The second kappa shape index (κ2) is 9.71. The standard InChI is InChI=1S/C23H27N3O4/c27-22(25-15-17-3-2-9-24-14-17)18-4-1-5-21(13-18)30-20-6-10-26(11-7-20)23(28)19-8-12-29-16-19/h1-5,9,13-14,19-20H,6-8,10-12,15-16H2,(H,25,27)/t19-/m0/s1. The van der Waals surface area contributed by atoms with Gasteiger partial charge in [0.05, 0.1) is 12.5 Å². The molecule has 30 heavy (non-hydrogen) atoms. The van der Waals surface area contributed by atoms with E-state index < -0.39 is 0 Å². The fraction of sp³-hybridized carbons (Fsp3) is 0.435. The number of likely N-dealkylation sites (tertiary alicyclic amines) is 1. The fourth-order valence-electron chi connectivity index (χ4n) is 3.87. The number of amides is 2. The van der Waals surface area contributed by atoms with E-state index in [9.17, 15) is 9.59 Å². The molecule has 3 heterocycles. The van der Waals surface area contributed by atoms with Gasteiger partial charge in [0.1, 0.15) is 11.9 Å². The average molecular weight is 409 g/mol. The summed E-state index contributed by atoms with van der Waals surface area (Å²) in [5.41, 5.74) is 1.51. The van der Waals surface area contributed by atoms with Gasteiger partial charge in [-0.2, -0.15) is 0 Å². The minimum Gasteiger partial charge on any atom is -0.490 e. The number of carbonyl (C=O) groups is 2. The van der Waals surface area contributed by atoms with Gasteiger partial charge in [0, 0.05) is 57.0 Å². The molecule has 0 bridgehead atoms. The predicted octanol–water partition coefficient (Wildman–Crippen LogP) is 2.42. The van der Waals surface area contributed by atoms with E-state index in [4.69, 9.17) is 9.47 Å². The Kier molecular flexibility index (Phi) is 6.59. The lowest BCUT2D eigenvalue weighted by Gasteiger charge is -2.33. The molecule has 0 spiro atoms. The summed E-state index contributed by atoms with van der Waals surface area (Å²) in [4.78, 5) is 31.0. The first-order valence-corrected chi connectivity index (χ1v) is 10.5. The summed E-state index contributed by atoms with van der Waals surface area (Å²) in [6.45, 7) is 3.06. The van der Waals surface area contributed by atoms with Gasteiger partial charge in [0.25, 0.3) is 5.91 Å². The van der Waals surface area contributed by atoms with Crippen LogP contribution in [0.3, 0.4) is 0 Å². The molecule has 1 aromatic heterocycles. The highest BCUT2D eigenvalue weighted by Crippen LogP contribution is 2.23. The van der Waals surface area contributed by atoms with Gasteiger partial charge in [-0.05, 0) is 36.2 Å². The van der Waals surface area contributed by atoms with Crippen LogP contribution in [-0.2, 0) is 16.1 Å². The Labute approximate surface area is 176 Å². The lowest BCUT2D eigenvalue weighted by atomic mass is 10.0. The van der Waals surface area contributed by atoms with Crippen molar-refractivity contribution < 1.29 is 19.1 Å².